The highest BCUT2D eigenvalue weighted by Gasteiger charge is 2.19. The van der Waals surface area contributed by atoms with E-state index in [9.17, 15) is 4.79 Å². The van der Waals surface area contributed by atoms with Crippen LogP contribution in [0, 0.1) is 0 Å². The Morgan fingerprint density at radius 1 is 1.31 bits per heavy atom. The van der Waals surface area contributed by atoms with Gasteiger partial charge in [0.15, 0.2) is 5.78 Å². The summed E-state index contributed by atoms with van der Waals surface area (Å²) in [6.07, 6.45) is -0.102. The molecule has 1 atom stereocenters. The van der Waals surface area contributed by atoms with Crippen molar-refractivity contribution in [2.45, 2.75) is 26.4 Å². The first kappa shape index (κ1) is 13.5. The molecule has 4 heteroatoms. The van der Waals surface area contributed by atoms with E-state index in [1.165, 1.54) is 0 Å². The number of carbonyl (C=O) groups is 1. The number of ketones is 1. The van der Waals surface area contributed by atoms with Crippen LogP contribution >= 0.6 is 23.2 Å². The molecule has 1 rings (SSSR count). The van der Waals surface area contributed by atoms with Crippen molar-refractivity contribution < 1.29 is 9.53 Å². The van der Waals surface area contributed by atoms with Crippen molar-refractivity contribution in [2.24, 2.45) is 0 Å². The molecule has 0 aromatic heterocycles. The van der Waals surface area contributed by atoms with Crippen LogP contribution in [0.5, 0.6) is 0 Å². The fourth-order valence-electron chi connectivity index (χ4n) is 1.40. The van der Waals surface area contributed by atoms with E-state index in [-0.39, 0.29) is 5.78 Å². The summed E-state index contributed by atoms with van der Waals surface area (Å²) >= 11 is 11.7. The van der Waals surface area contributed by atoms with Crippen LogP contribution in [0.1, 0.15) is 31.9 Å². The second-order valence-electron chi connectivity index (χ2n) is 3.33. The number of hydrogen-bond donors (Lipinski definition) is 0. The molecule has 1 aromatic carbocycles. The molecule has 0 radical (unpaired) electrons. The summed E-state index contributed by atoms with van der Waals surface area (Å²) in [4.78, 5) is 11.7. The van der Waals surface area contributed by atoms with Gasteiger partial charge in [0.2, 0.25) is 0 Å². The molecule has 0 saturated carbocycles. The van der Waals surface area contributed by atoms with E-state index in [1.807, 2.05) is 13.8 Å². The molecule has 0 amide bonds. The largest absolute Gasteiger partial charge is 0.366 e. The Morgan fingerprint density at radius 3 is 2.50 bits per heavy atom. The van der Waals surface area contributed by atoms with E-state index in [1.54, 1.807) is 18.2 Å². The molecule has 88 valence electrons. The number of benzene rings is 1. The van der Waals surface area contributed by atoms with E-state index in [0.29, 0.717) is 23.1 Å². The van der Waals surface area contributed by atoms with Crippen LogP contribution in [0.3, 0.4) is 0 Å². The van der Waals surface area contributed by atoms with E-state index in [2.05, 4.69) is 0 Å². The van der Waals surface area contributed by atoms with Gasteiger partial charge in [-0.3, -0.25) is 4.79 Å². The fraction of sp³-hybridized carbons (Fsp3) is 0.417. The highest BCUT2D eigenvalue weighted by molar-refractivity contribution is 6.42. The minimum absolute atomic E-state index is 0.0419. The summed E-state index contributed by atoms with van der Waals surface area (Å²) in [6, 6.07) is 5.12. The van der Waals surface area contributed by atoms with Gasteiger partial charge in [-0.2, -0.15) is 0 Å². The first-order valence-corrected chi connectivity index (χ1v) is 5.95. The monoisotopic (exact) mass is 260 g/mol. The van der Waals surface area contributed by atoms with Crippen LogP contribution in [-0.4, -0.2) is 12.4 Å². The Bertz CT molecular complexity index is 377. The summed E-state index contributed by atoms with van der Waals surface area (Å²) in [6.45, 7) is 4.15. The molecule has 0 N–H and O–H groups in total. The van der Waals surface area contributed by atoms with Crippen molar-refractivity contribution in [3.63, 3.8) is 0 Å². The van der Waals surface area contributed by atoms with Gasteiger partial charge >= 0.3 is 0 Å². The predicted octanol–water partition coefficient (Wildman–Crippen LogP) is 4.05. The van der Waals surface area contributed by atoms with Gasteiger partial charge in [-0.1, -0.05) is 36.2 Å². The third kappa shape index (κ3) is 3.21. The SMILES string of the molecule is CCOC(C(=O)CC)c1ccc(Cl)c(Cl)c1. The third-order valence-electron chi connectivity index (χ3n) is 2.22. The van der Waals surface area contributed by atoms with E-state index < -0.39 is 6.10 Å². The summed E-state index contributed by atoms with van der Waals surface area (Å²) in [5.41, 5.74) is 0.753. The van der Waals surface area contributed by atoms with Crippen LogP contribution in [0.25, 0.3) is 0 Å². The van der Waals surface area contributed by atoms with Crippen molar-refractivity contribution in [1.29, 1.82) is 0 Å². The zero-order valence-corrected chi connectivity index (χ0v) is 10.8. The van der Waals surface area contributed by atoms with Crippen molar-refractivity contribution in [3.8, 4) is 0 Å². The standard InChI is InChI=1S/C12H14Cl2O2/c1-3-11(15)12(16-4-2)8-5-6-9(13)10(14)7-8/h5-7,12H,3-4H2,1-2H3. The van der Waals surface area contributed by atoms with Gasteiger partial charge in [0, 0.05) is 13.0 Å². The number of halogens is 2. The van der Waals surface area contributed by atoms with Gasteiger partial charge in [-0.15, -0.1) is 0 Å². The lowest BCUT2D eigenvalue weighted by atomic mass is 10.0. The summed E-state index contributed by atoms with van der Waals surface area (Å²) in [5.74, 6) is 0.0419. The second-order valence-corrected chi connectivity index (χ2v) is 4.14. The molecule has 0 bridgehead atoms. The van der Waals surface area contributed by atoms with Gasteiger partial charge in [-0.05, 0) is 24.6 Å². The molecule has 0 aliphatic carbocycles. The van der Waals surface area contributed by atoms with Crippen LogP contribution in [0.2, 0.25) is 10.0 Å². The van der Waals surface area contributed by atoms with Crippen LogP contribution in [0.4, 0.5) is 0 Å². The summed E-state index contributed by atoms with van der Waals surface area (Å²) < 4.78 is 5.42. The lowest BCUT2D eigenvalue weighted by Crippen LogP contribution is -2.15. The van der Waals surface area contributed by atoms with Crippen LogP contribution in [0.15, 0.2) is 18.2 Å². The lowest BCUT2D eigenvalue weighted by molar-refractivity contribution is -0.130. The van der Waals surface area contributed by atoms with Crippen molar-refractivity contribution >= 4 is 29.0 Å². The Hall–Kier alpha value is -0.570. The average Bonchev–Trinajstić information content (AvgIpc) is 2.29. The number of rotatable bonds is 5. The minimum Gasteiger partial charge on any atom is -0.366 e. The highest BCUT2D eigenvalue weighted by Crippen LogP contribution is 2.28. The van der Waals surface area contributed by atoms with Gasteiger partial charge in [0.1, 0.15) is 6.10 Å². The molecular weight excluding hydrogens is 247 g/mol. The normalized spacial score (nSPS) is 12.5. The highest BCUT2D eigenvalue weighted by atomic mass is 35.5. The first-order valence-electron chi connectivity index (χ1n) is 5.19. The molecule has 1 aromatic rings. The maximum absolute atomic E-state index is 11.7. The fourth-order valence-corrected chi connectivity index (χ4v) is 1.71. The van der Waals surface area contributed by atoms with Crippen molar-refractivity contribution in [2.75, 3.05) is 6.61 Å². The topological polar surface area (TPSA) is 26.3 Å². The summed E-state index contributed by atoms with van der Waals surface area (Å²) in [5, 5.41) is 0.914. The number of hydrogen-bond acceptors (Lipinski definition) is 2. The molecule has 1 unspecified atom stereocenters. The molecule has 0 saturated heterocycles. The van der Waals surface area contributed by atoms with Crippen LogP contribution in [-0.2, 0) is 9.53 Å². The maximum Gasteiger partial charge on any atom is 0.165 e. The van der Waals surface area contributed by atoms with Gasteiger partial charge in [-0.25, -0.2) is 0 Å². The molecule has 2 nitrogen and oxygen atoms in total. The van der Waals surface area contributed by atoms with Crippen LogP contribution < -0.4 is 0 Å². The molecule has 0 heterocycles. The lowest BCUT2D eigenvalue weighted by Gasteiger charge is -2.16. The molecular formula is C12H14Cl2O2. The van der Waals surface area contributed by atoms with E-state index in [0.717, 1.165) is 5.56 Å². The molecule has 0 aliphatic heterocycles. The average molecular weight is 261 g/mol. The zero-order chi connectivity index (χ0) is 12.1. The zero-order valence-electron chi connectivity index (χ0n) is 9.30. The molecule has 16 heavy (non-hydrogen) atoms. The van der Waals surface area contributed by atoms with Crippen molar-refractivity contribution in [3.05, 3.63) is 33.8 Å². The van der Waals surface area contributed by atoms with Gasteiger partial charge < -0.3 is 4.74 Å². The maximum atomic E-state index is 11.7. The summed E-state index contributed by atoms with van der Waals surface area (Å²) in [7, 11) is 0. The Balaban J connectivity index is 3.01. The van der Waals surface area contributed by atoms with E-state index >= 15 is 0 Å². The first-order chi connectivity index (χ1) is 7.60. The number of ether oxygens (including phenoxy) is 1. The Morgan fingerprint density at radius 2 is 2.00 bits per heavy atom. The number of Topliss-reactive ketones (excluding diaryl/α,β-unsaturated/α-hetero) is 1. The molecule has 0 fully saturated rings. The van der Waals surface area contributed by atoms with Gasteiger partial charge in [0.05, 0.1) is 10.0 Å². The van der Waals surface area contributed by atoms with E-state index in [4.69, 9.17) is 27.9 Å². The minimum atomic E-state index is -0.537. The smallest absolute Gasteiger partial charge is 0.165 e. The Kier molecular flexibility index (Phi) is 5.26. The third-order valence-corrected chi connectivity index (χ3v) is 2.96. The quantitative estimate of drug-likeness (QED) is 0.799. The van der Waals surface area contributed by atoms with Gasteiger partial charge in [0.25, 0.3) is 0 Å². The predicted molar refractivity (Wildman–Crippen MR) is 66.1 cm³/mol. The molecule has 0 aliphatic rings. The number of carbonyl (C=O) groups excluding carboxylic acids is 1. The Labute approximate surface area is 106 Å². The van der Waals surface area contributed by atoms with Crippen molar-refractivity contribution in [1.82, 2.24) is 0 Å². The molecule has 0 spiro atoms. The second kappa shape index (κ2) is 6.24.